The number of carbonyl (C=O) groups excluding carboxylic acids is 1. The summed E-state index contributed by atoms with van der Waals surface area (Å²) in [7, 11) is 3.12. The third-order valence-corrected chi connectivity index (χ3v) is 5.63. The fraction of sp³-hybridized carbons (Fsp3) is 0.391. The number of aromatic nitrogens is 4. The van der Waals surface area contributed by atoms with Gasteiger partial charge < -0.3 is 9.47 Å². The van der Waals surface area contributed by atoms with Gasteiger partial charge in [0.15, 0.2) is 5.75 Å². The molecule has 4 rings (SSSR count). The molecular weight excluding hydrogens is 394 g/mol. The summed E-state index contributed by atoms with van der Waals surface area (Å²) in [5, 5.41) is 4.40. The van der Waals surface area contributed by atoms with E-state index in [2.05, 4.69) is 17.0 Å². The van der Waals surface area contributed by atoms with E-state index < -0.39 is 5.54 Å². The molecule has 1 aliphatic heterocycles. The Labute approximate surface area is 181 Å². The molecule has 3 aromatic rings. The molecular formula is C23H27N5O3. The van der Waals surface area contributed by atoms with Gasteiger partial charge in [0.2, 0.25) is 0 Å². The van der Waals surface area contributed by atoms with Crippen molar-refractivity contribution in [3.05, 3.63) is 47.5 Å². The van der Waals surface area contributed by atoms with Gasteiger partial charge in [0.1, 0.15) is 0 Å². The van der Waals surface area contributed by atoms with Crippen molar-refractivity contribution < 1.29 is 14.3 Å². The minimum Gasteiger partial charge on any atom is -0.491 e. The second-order valence-electron chi connectivity index (χ2n) is 8.14. The van der Waals surface area contributed by atoms with E-state index in [1.165, 1.54) is 0 Å². The van der Waals surface area contributed by atoms with E-state index in [4.69, 9.17) is 14.5 Å². The molecule has 0 N–H and O–H groups in total. The number of nitrogens with zero attached hydrogens (tertiary/aromatic N) is 5. The highest BCUT2D eigenvalue weighted by Gasteiger charge is 2.47. The summed E-state index contributed by atoms with van der Waals surface area (Å²) in [6, 6.07) is 3.76. The van der Waals surface area contributed by atoms with Crippen LogP contribution in [0.5, 0.6) is 11.6 Å². The zero-order valence-corrected chi connectivity index (χ0v) is 18.8. The maximum atomic E-state index is 13.4. The number of methoxy groups -OCH3 is 2. The summed E-state index contributed by atoms with van der Waals surface area (Å²) in [5.41, 5.74) is 3.93. The van der Waals surface area contributed by atoms with Gasteiger partial charge in [-0.1, -0.05) is 6.92 Å². The molecule has 0 saturated carbocycles. The second-order valence-corrected chi connectivity index (χ2v) is 8.14. The molecule has 1 amide bonds. The van der Waals surface area contributed by atoms with Gasteiger partial charge in [-0.05, 0) is 44.9 Å². The number of fused-ring (bicyclic) bond motifs is 1. The van der Waals surface area contributed by atoms with E-state index in [0.717, 1.165) is 41.2 Å². The molecule has 0 aliphatic carbocycles. The van der Waals surface area contributed by atoms with Crippen molar-refractivity contribution in [3.8, 4) is 22.9 Å². The highest BCUT2D eigenvalue weighted by atomic mass is 16.5. The Kier molecular flexibility index (Phi) is 5.16. The Morgan fingerprint density at radius 3 is 2.58 bits per heavy atom. The number of hydrogen-bond donors (Lipinski definition) is 0. The Morgan fingerprint density at radius 1 is 1.13 bits per heavy atom. The lowest BCUT2D eigenvalue weighted by molar-refractivity contribution is 0.0981. The third-order valence-electron chi connectivity index (χ3n) is 5.63. The van der Waals surface area contributed by atoms with Gasteiger partial charge in [0, 0.05) is 24.5 Å². The van der Waals surface area contributed by atoms with Crippen LogP contribution in [0.25, 0.3) is 11.3 Å². The number of amides is 1. The third kappa shape index (κ3) is 3.32. The molecule has 0 spiro atoms. The van der Waals surface area contributed by atoms with Gasteiger partial charge in [0.05, 0.1) is 48.6 Å². The normalized spacial score (nSPS) is 14.6. The van der Waals surface area contributed by atoms with Crippen LogP contribution in [-0.2, 0) is 12.1 Å². The predicted octanol–water partition coefficient (Wildman–Crippen LogP) is 3.97. The zero-order chi connectivity index (χ0) is 22.3. The largest absolute Gasteiger partial charge is 0.491 e. The van der Waals surface area contributed by atoms with E-state index in [1.807, 2.05) is 43.8 Å². The molecule has 3 aromatic heterocycles. The quantitative estimate of drug-likeness (QED) is 0.599. The average Bonchev–Trinajstić information content (AvgIpc) is 3.27. The van der Waals surface area contributed by atoms with Crippen molar-refractivity contribution in [2.45, 2.75) is 46.2 Å². The lowest BCUT2D eigenvalue weighted by atomic mass is 9.96. The maximum absolute atomic E-state index is 13.4. The van der Waals surface area contributed by atoms with Crippen molar-refractivity contribution in [2.24, 2.45) is 0 Å². The molecule has 162 valence electrons. The lowest BCUT2D eigenvalue weighted by Crippen LogP contribution is -2.39. The molecule has 1 aliphatic rings. The number of rotatable bonds is 6. The first-order chi connectivity index (χ1) is 14.8. The van der Waals surface area contributed by atoms with Crippen molar-refractivity contribution in [2.75, 3.05) is 19.1 Å². The van der Waals surface area contributed by atoms with Crippen molar-refractivity contribution in [1.29, 1.82) is 0 Å². The van der Waals surface area contributed by atoms with Crippen LogP contribution in [0.3, 0.4) is 0 Å². The average molecular weight is 422 g/mol. The number of hydrogen-bond acceptors (Lipinski definition) is 6. The van der Waals surface area contributed by atoms with Crippen LogP contribution in [0, 0.1) is 6.92 Å². The van der Waals surface area contributed by atoms with Crippen molar-refractivity contribution in [3.63, 3.8) is 0 Å². The molecule has 8 heteroatoms. The van der Waals surface area contributed by atoms with Crippen LogP contribution in [0.15, 0.2) is 30.7 Å². The number of ether oxygens (including phenoxy) is 2. The highest BCUT2D eigenvalue weighted by Crippen LogP contribution is 2.43. The summed E-state index contributed by atoms with van der Waals surface area (Å²) in [5.74, 6) is 0.883. The minimum atomic E-state index is -0.628. The van der Waals surface area contributed by atoms with Gasteiger partial charge in [-0.25, -0.2) is 9.97 Å². The fourth-order valence-corrected chi connectivity index (χ4v) is 4.14. The van der Waals surface area contributed by atoms with E-state index in [1.54, 1.807) is 31.5 Å². The highest BCUT2D eigenvalue weighted by molar-refractivity contribution is 6.12. The van der Waals surface area contributed by atoms with Crippen LogP contribution in [0.1, 0.15) is 48.8 Å². The summed E-state index contributed by atoms with van der Waals surface area (Å²) >= 11 is 0. The molecule has 0 fully saturated rings. The van der Waals surface area contributed by atoms with Gasteiger partial charge in [-0.3, -0.25) is 14.4 Å². The molecule has 0 saturated heterocycles. The second kappa shape index (κ2) is 7.68. The molecule has 4 heterocycles. The van der Waals surface area contributed by atoms with Crippen LogP contribution in [0.4, 0.5) is 5.69 Å². The van der Waals surface area contributed by atoms with Gasteiger partial charge in [0.25, 0.3) is 11.8 Å². The first kappa shape index (κ1) is 20.8. The number of aryl methyl sites for hydroxylation is 2. The first-order valence-corrected chi connectivity index (χ1v) is 10.3. The molecule has 0 atom stereocenters. The molecule has 0 aromatic carbocycles. The maximum Gasteiger partial charge on any atom is 0.261 e. The molecule has 0 radical (unpaired) electrons. The predicted molar refractivity (Wildman–Crippen MR) is 118 cm³/mol. The van der Waals surface area contributed by atoms with Crippen LogP contribution in [-0.4, -0.2) is 39.9 Å². The monoisotopic (exact) mass is 421 g/mol. The van der Waals surface area contributed by atoms with Gasteiger partial charge >= 0.3 is 0 Å². The topological polar surface area (TPSA) is 82.4 Å². The standard InChI is InChI=1S/C23H27N5O3/c1-7-8-27-13-16(12-25-27)28-22(29)19-14(2)9-17(26-20(19)23(28,3)4)15-10-18(30-5)21(31-6)24-11-15/h9-13H,7-8H2,1-6H3. The SMILES string of the molecule is CCCn1cc(N2C(=O)c3c(C)cc(-c4cnc(OC)c(OC)c4)nc3C2(C)C)cn1. The van der Waals surface area contributed by atoms with Crippen LogP contribution < -0.4 is 14.4 Å². The Balaban J connectivity index is 1.80. The van der Waals surface area contributed by atoms with E-state index in [9.17, 15) is 4.79 Å². The Bertz CT molecular complexity index is 1150. The van der Waals surface area contributed by atoms with Crippen LogP contribution in [0.2, 0.25) is 0 Å². The summed E-state index contributed by atoms with van der Waals surface area (Å²) in [4.78, 5) is 24.5. The fourth-order valence-electron chi connectivity index (χ4n) is 4.14. The minimum absolute atomic E-state index is 0.0574. The van der Waals surface area contributed by atoms with E-state index in [-0.39, 0.29) is 5.91 Å². The molecule has 0 bridgehead atoms. The number of anilines is 1. The summed E-state index contributed by atoms with van der Waals surface area (Å²) in [6.07, 6.45) is 6.34. The summed E-state index contributed by atoms with van der Waals surface area (Å²) < 4.78 is 12.5. The smallest absolute Gasteiger partial charge is 0.261 e. The van der Waals surface area contributed by atoms with Crippen molar-refractivity contribution in [1.82, 2.24) is 19.7 Å². The number of pyridine rings is 2. The van der Waals surface area contributed by atoms with Crippen molar-refractivity contribution >= 4 is 11.6 Å². The molecule has 8 nitrogen and oxygen atoms in total. The zero-order valence-electron chi connectivity index (χ0n) is 18.8. The molecule has 0 unspecified atom stereocenters. The number of carbonyl (C=O) groups is 1. The van der Waals surface area contributed by atoms with E-state index >= 15 is 0 Å². The Hall–Kier alpha value is -3.42. The molecule has 31 heavy (non-hydrogen) atoms. The Morgan fingerprint density at radius 2 is 1.90 bits per heavy atom. The lowest BCUT2D eigenvalue weighted by Gasteiger charge is -2.30. The first-order valence-electron chi connectivity index (χ1n) is 10.3. The summed E-state index contributed by atoms with van der Waals surface area (Å²) in [6.45, 7) is 8.87. The van der Waals surface area contributed by atoms with Crippen LogP contribution >= 0.6 is 0 Å². The van der Waals surface area contributed by atoms with Gasteiger partial charge in [-0.2, -0.15) is 5.10 Å². The van der Waals surface area contributed by atoms with Gasteiger partial charge in [-0.15, -0.1) is 0 Å². The van der Waals surface area contributed by atoms with E-state index in [0.29, 0.717) is 17.2 Å².